The number of benzene rings is 2. The first kappa shape index (κ1) is 25.4. The van der Waals surface area contributed by atoms with E-state index in [0.29, 0.717) is 30.3 Å². The zero-order chi connectivity index (χ0) is 25.1. The van der Waals surface area contributed by atoms with E-state index in [1.807, 2.05) is 52.0 Å². The number of rotatable bonds is 5. The Balaban J connectivity index is 1.60. The lowest BCUT2D eigenvalue weighted by molar-refractivity contribution is -0.146. The average Bonchev–Trinajstić information content (AvgIpc) is 2.76. The quantitative estimate of drug-likeness (QED) is 0.565. The Labute approximate surface area is 204 Å². The highest BCUT2D eigenvalue weighted by molar-refractivity contribution is 6.30. The van der Waals surface area contributed by atoms with E-state index < -0.39 is 11.6 Å². The van der Waals surface area contributed by atoms with E-state index in [4.69, 9.17) is 11.6 Å². The van der Waals surface area contributed by atoms with Gasteiger partial charge in [0, 0.05) is 30.3 Å². The molecule has 0 aliphatic carbocycles. The van der Waals surface area contributed by atoms with Gasteiger partial charge in [0.05, 0.1) is 5.54 Å². The number of carbonyl (C=O) groups is 3. The summed E-state index contributed by atoms with van der Waals surface area (Å²) in [6.07, 6.45) is -1.09. The van der Waals surface area contributed by atoms with Crippen molar-refractivity contribution in [1.29, 1.82) is 0 Å². The highest BCUT2D eigenvalue weighted by atomic mass is 35.5. The van der Waals surface area contributed by atoms with Crippen LogP contribution in [0.1, 0.15) is 38.8 Å². The number of urea groups is 1. The van der Waals surface area contributed by atoms with E-state index in [1.165, 1.54) is 4.90 Å². The molecule has 9 heteroatoms. The van der Waals surface area contributed by atoms with Gasteiger partial charge in [0.25, 0.3) is 0 Å². The van der Waals surface area contributed by atoms with Crippen LogP contribution in [0.4, 0.5) is 15.3 Å². The molecule has 0 bridgehead atoms. The molecule has 0 spiro atoms. The fourth-order valence-electron chi connectivity index (χ4n) is 3.89. The smallest absolute Gasteiger partial charge is 0.408 e. The maximum absolute atomic E-state index is 12.7. The molecule has 1 aliphatic heterocycles. The molecule has 34 heavy (non-hydrogen) atoms. The Kier molecular flexibility index (Phi) is 7.41. The molecule has 1 unspecified atom stereocenters. The molecule has 2 aromatic carbocycles. The van der Waals surface area contributed by atoms with Gasteiger partial charge in [-0.1, -0.05) is 56.6 Å². The zero-order valence-corrected chi connectivity index (χ0v) is 20.6. The molecule has 1 aliphatic rings. The normalized spacial score (nSPS) is 18.6. The molecule has 3 rings (SSSR count). The fraction of sp³-hybridized carbons (Fsp3) is 0.400. The third-order valence-electron chi connectivity index (χ3n) is 6.54. The second kappa shape index (κ2) is 9.93. The highest BCUT2D eigenvalue weighted by Gasteiger charge is 2.50. The summed E-state index contributed by atoms with van der Waals surface area (Å²) in [6, 6.07) is 14.1. The van der Waals surface area contributed by atoms with Gasteiger partial charge in [-0.3, -0.25) is 9.69 Å². The summed E-state index contributed by atoms with van der Waals surface area (Å²) in [6.45, 7) is 8.70. The van der Waals surface area contributed by atoms with Gasteiger partial charge in [-0.25, -0.2) is 9.59 Å². The number of hydrogen-bond donors (Lipinski definition) is 3. The van der Waals surface area contributed by atoms with Crippen LogP contribution in [0.3, 0.4) is 0 Å². The Bertz CT molecular complexity index is 1050. The minimum Gasteiger partial charge on any atom is -0.465 e. The Hall–Kier alpha value is -3.26. The third kappa shape index (κ3) is 5.80. The topological polar surface area (TPSA) is 102 Å². The number of nitrogens with zero attached hydrogens (tertiary/aromatic N) is 2. The lowest BCUT2D eigenvalue weighted by Crippen LogP contribution is -2.68. The maximum Gasteiger partial charge on any atom is 0.408 e. The monoisotopic (exact) mass is 486 g/mol. The summed E-state index contributed by atoms with van der Waals surface area (Å²) in [5.41, 5.74) is 1.36. The predicted octanol–water partition coefficient (Wildman–Crippen LogP) is 4.79. The number of halogens is 1. The second-order valence-corrected chi connectivity index (χ2v) is 10.2. The lowest BCUT2D eigenvalue weighted by atomic mass is 9.72. The first-order valence-corrected chi connectivity index (χ1v) is 11.4. The summed E-state index contributed by atoms with van der Waals surface area (Å²) >= 11 is 5.87. The maximum atomic E-state index is 12.7. The number of carbonyl (C=O) groups excluding carboxylic acids is 2. The van der Waals surface area contributed by atoms with Crippen LogP contribution in [0, 0.1) is 5.41 Å². The van der Waals surface area contributed by atoms with Crippen molar-refractivity contribution < 1.29 is 19.5 Å². The van der Waals surface area contributed by atoms with Gasteiger partial charge in [-0.05, 0) is 47.7 Å². The number of anilines is 1. The van der Waals surface area contributed by atoms with Crippen LogP contribution in [-0.4, -0.2) is 51.6 Å². The molecule has 3 N–H and O–H groups in total. The second-order valence-electron chi connectivity index (χ2n) is 9.77. The van der Waals surface area contributed by atoms with Crippen LogP contribution in [0.5, 0.6) is 0 Å². The van der Waals surface area contributed by atoms with Gasteiger partial charge in [0.2, 0.25) is 5.91 Å². The minimum atomic E-state index is -1.09. The Morgan fingerprint density at radius 3 is 2.21 bits per heavy atom. The molecule has 0 radical (unpaired) electrons. The van der Waals surface area contributed by atoms with Crippen LogP contribution < -0.4 is 10.6 Å². The van der Waals surface area contributed by atoms with Gasteiger partial charge < -0.3 is 20.6 Å². The molecule has 1 saturated heterocycles. The van der Waals surface area contributed by atoms with E-state index in [-0.39, 0.29) is 23.9 Å². The average molecular weight is 487 g/mol. The highest BCUT2D eigenvalue weighted by Crippen LogP contribution is 2.39. The van der Waals surface area contributed by atoms with E-state index >= 15 is 0 Å². The van der Waals surface area contributed by atoms with Gasteiger partial charge in [0.15, 0.2) is 0 Å². The van der Waals surface area contributed by atoms with Crippen LogP contribution in [0.25, 0.3) is 0 Å². The van der Waals surface area contributed by atoms with E-state index in [2.05, 4.69) is 10.6 Å². The van der Waals surface area contributed by atoms with Crippen molar-refractivity contribution >= 4 is 35.3 Å². The Morgan fingerprint density at radius 1 is 1.06 bits per heavy atom. The summed E-state index contributed by atoms with van der Waals surface area (Å²) in [4.78, 5) is 39.6. The number of piperazine rings is 1. The van der Waals surface area contributed by atoms with E-state index in [9.17, 15) is 19.5 Å². The number of amides is 4. The van der Waals surface area contributed by atoms with Crippen molar-refractivity contribution in [1.82, 2.24) is 15.1 Å². The fourth-order valence-corrected chi connectivity index (χ4v) is 4.02. The van der Waals surface area contributed by atoms with Crippen molar-refractivity contribution in [3.8, 4) is 0 Å². The zero-order valence-electron chi connectivity index (χ0n) is 19.9. The molecular formula is C25H31ClN4O4. The van der Waals surface area contributed by atoms with Crippen LogP contribution in [0.2, 0.25) is 5.02 Å². The van der Waals surface area contributed by atoms with Crippen molar-refractivity contribution in [2.45, 2.75) is 46.3 Å². The summed E-state index contributed by atoms with van der Waals surface area (Å²) in [7, 11) is 0. The molecule has 1 fully saturated rings. The Morgan fingerprint density at radius 2 is 1.65 bits per heavy atom. The number of carboxylic acid groups (broad SMARTS) is 1. The molecule has 182 valence electrons. The number of hydrogen-bond acceptors (Lipinski definition) is 3. The van der Waals surface area contributed by atoms with Crippen molar-refractivity contribution in [3.05, 3.63) is 64.7 Å². The molecule has 2 aromatic rings. The first-order chi connectivity index (χ1) is 15.9. The first-order valence-electron chi connectivity index (χ1n) is 11.1. The SMILES string of the molecule is CC(C)(C)C1(C)CN(Cc2ccc(NC(=O)NCc3ccc(Cl)cc3)cc2)C(=O)CN1C(=O)O. The van der Waals surface area contributed by atoms with Crippen molar-refractivity contribution in [2.24, 2.45) is 5.41 Å². The van der Waals surface area contributed by atoms with Gasteiger partial charge >= 0.3 is 12.1 Å². The van der Waals surface area contributed by atoms with Crippen molar-refractivity contribution in [2.75, 3.05) is 18.4 Å². The van der Waals surface area contributed by atoms with Crippen LogP contribution >= 0.6 is 11.6 Å². The van der Waals surface area contributed by atoms with E-state index in [1.54, 1.807) is 29.2 Å². The molecule has 1 heterocycles. The summed E-state index contributed by atoms with van der Waals surface area (Å²) in [5.74, 6) is -0.229. The van der Waals surface area contributed by atoms with E-state index in [0.717, 1.165) is 11.1 Å². The van der Waals surface area contributed by atoms with Gasteiger partial charge in [-0.15, -0.1) is 0 Å². The lowest BCUT2D eigenvalue weighted by Gasteiger charge is -2.53. The molecule has 0 saturated carbocycles. The number of nitrogens with one attached hydrogen (secondary N) is 2. The molecular weight excluding hydrogens is 456 g/mol. The molecule has 4 amide bonds. The largest absolute Gasteiger partial charge is 0.465 e. The van der Waals surface area contributed by atoms with Crippen LogP contribution in [0.15, 0.2) is 48.5 Å². The third-order valence-corrected chi connectivity index (χ3v) is 6.79. The van der Waals surface area contributed by atoms with Gasteiger partial charge in [0.1, 0.15) is 6.54 Å². The minimum absolute atomic E-state index is 0.170. The summed E-state index contributed by atoms with van der Waals surface area (Å²) < 4.78 is 0. The predicted molar refractivity (Wildman–Crippen MR) is 132 cm³/mol. The van der Waals surface area contributed by atoms with Gasteiger partial charge in [-0.2, -0.15) is 0 Å². The molecule has 1 atom stereocenters. The standard InChI is InChI=1S/C25H31ClN4O4/c1-24(2,3)25(4)16-29(21(31)15-30(25)23(33)34)14-18-7-11-20(12-8-18)28-22(32)27-13-17-5-9-19(26)10-6-17/h5-12H,13-16H2,1-4H3,(H,33,34)(H2,27,28,32). The summed E-state index contributed by atoms with van der Waals surface area (Å²) in [5, 5.41) is 15.9. The van der Waals surface area contributed by atoms with Crippen molar-refractivity contribution in [3.63, 3.8) is 0 Å². The molecule has 0 aromatic heterocycles. The van der Waals surface area contributed by atoms with Crippen LogP contribution in [-0.2, 0) is 17.9 Å². The molecule has 8 nitrogen and oxygen atoms in total.